The summed E-state index contributed by atoms with van der Waals surface area (Å²) in [5.41, 5.74) is 1.07. The van der Waals surface area contributed by atoms with Crippen molar-refractivity contribution in [3.63, 3.8) is 0 Å². The van der Waals surface area contributed by atoms with Gasteiger partial charge in [0.15, 0.2) is 0 Å². The number of nitrogens with zero attached hydrogens (tertiary/aromatic N) is 4. The first-order chi connectivity index (χ1) is 11.7. The first-order valence-corrected chi connectivity index (χ1v) is 8.15. The molecule has 0 aliphatic rings. The molecule has 3 aromatic rings. The molecule has 0 saturated carbocycles. The van der Waals surface area contributed by atoms with E-state index in [2.05, 4.69) is 25.6 Å². The van der Waals surface area contributed by atoms with E-state index in [1.807, 2.05) is 54.9 Å². The number of imidazole rings is 1. The number of halogens is 1. The van der Waals surface area contributed by atoms with Crippen LogP contribution >= 0.6 is 11.6 Å². The van der Waals surface area contributed by atoms with Gasteiger partial charge in [0.25, 0.3) is 0 Å². The predicted octanol–water partition coefficient (Wildman–Crippen LogP) is 3.67. The molecule has 1 aromatic carbocycles. The first kappa shape index (κ1) is 16.3. The highest BCUT2D eigenvalue weighted by Crippen LogP contribution is 2.17. The van der Waals surface area contributed by atoms with Gasteiger partial charge in [0.05, 0.1) is 0 Å². The van der Waals surface area contributed by atoms with Gasteiger partial charge in [-0.1, -0.05) is 23.7 Å². The number of hydrogen-bond acceptors (Lipinski definition) is 5. The van der Waals surface area contributed by atoms with Gasteiger partial charge in [-0.25, -0.2) is 4.98 Å². The largest absolute Gasteiger partial charge is 0.370 e. The lowest BCUT2D eigenvalue weighted by Crippen LogP contribution is -2.10. The van der Waals surface area contributed by atoms with E-state index in [1.165, 1.54) is 0 Å². The van der Waals surface area contributed by atoms with Crippen molar-refractivity contribution in [2.75, 3.05) is 17.2 Å². The fourth-order valence-electron chi connectivity index (χ4n) is 2.36. The number of aromatic nitrogens is 4. The molecule has 3 rings (SSSR count). The van der Waals surface area contributed by atoms with E-state index >= 15 is 0 Å². The lowest BCUT2D eigenvalue weighted by Gasteiger charge is -2.12. The van der Waals surface area contributed by atoms with Crippen LogP contribution in [0.4, 0.5) is 11.8 Å². The second-order valence-electron chi connectivity index (χ2n) is 5.29. The average Bonchev–Trinajstić information content (AvgIpc) is 2.99. The minimum Gasteiger partial charge on any atom is -0.370 e. The predicted molar refractivity (Wildman–Crippen MR) is 96.8 cm³/mol. The quantitative estimate of drug-likeness (QED) is 0.715. The Labute approximate surface area is 145 Å². The molecule has 24 heavy (non-hydrogen) atoms. The van der Waals surface area contributed by atoms with Crippen LogP contribution in [0.15, 0.2) is 42.7 Å². The van der Waals surface area contributed by atoms with Crippen LogP contribution in [0.1, 0.15) is 18.3 Å². The molecule has 2 heterocycles. The van der Waals surface area contributed by atoms with Gasteiger partial charge in [-0.2, -0.15) is 9.97 Å². The summed E-state index contributed by atoms with van der Waals surface area (Å²) < 4.78 is 1.92. The molecule has 0 atom stereocenters. The third-order valence-electron chi connectivity index (χ3n) is 3.48. The standard InChI is InChI=1S/C17H19ClN6/c1-3-19-15-10-16(24-8-7-20-12(24)2)23-17(22-15)21-11-13-5-4-6-14(18)9-13/h4-10H,3,11H2,1-2H3,(H2,19,21,22,23). The van der Waals surface area contributed by atoms with Crippen LogP contribution in [0.25, 0.3) is 5.82 Å². The smallest absolute Gasteiger partial charge is 0.226 e. The fraction of sp³-hybridized carbons (Fsp3) is 0.235. The highest BCUT2D eigenvalue weighted by atomic mass is 35.5. The Balaban J connectivity index is 1.86. The highest BCUT2D eigenvalue weighted by Gasteiger charge is 2.08. The van der Waals surface area contributed by atoms with E-state index in [4.69, 9.17) is 11.6 Å². The highest BCUT2D eigenvalue weighted by molar-refractivity contribution is 6.30. The van der Waals surface area contributed by atoms with E-state index in [9.17, 15) is 0 Å². The summed E-state index contributed by atoms with van der Waals surface area (Å²) in [6, 6.07) is 9.61. The molecule has 0 aliphatic heterocycles. The molecule has 0 fully saturated rings. The molecular weight excluding hydrogens is 324 g/mol. The van der Waals surface area contributed by atoms with Gasteiger partial charge in [0.2, 0.25) is 5.95 Å². The maximum atomic E-state index is 6.02. The Morgan fingerprint density at radius 3 is 2.75 bits per heavy atom. The average molecular weight is 343 g/mol. The monoisotopic (exact) mass is 342 g/mol. The van der Waals surface area contributed by atoms with Crippen LogP contribution in [0.2, 0.25) is 5.02 Å². The third kappa shape index (κ3) is 3.83. The van der Waals surface area contributed by atoms with Crippen LogP contribution in [-0.4, -0.2) is 26.1 Å². The van der Waals surface area contributed by atoms with Crippen molar-refractivity contribution >= 4 is 23.4 Å². The van der Waals surface area contributed by atoms with Gasteiger partial charge in [-0.15, -0.1) is 0 Å². The Bertz CT molecular complexity index is 829. The molecule has 0 amide bonds. The van der Waals surface area contributed by atoms with Gasteiger partial charge < -0.3 is 10.6 Å². The SMILES string of the molecule is CCNc1cc(-n2ccnc2C)nc(NCc2cccc(Cl)c2)n1. The Kier molecular flexibility index (Phi) is 4.96. The number of hydrogen-bond donors (Lipinski definition) is 2. The van der Waals surface area contributed by atoms with Crippen molar-refractivity contribution in [1.29, 1.82) is 0 Å². The summed E-state index contributed by atoms with van der Waals surface area (Å²) in [7, 11) is 0. The van der Waals surface area contributed by atoms with Crippen LogP contribution < -0.4 is 10.6 Å². The summed E-state index contributed by atoms with van der Waals surface area (Å²) in [6.07, 6.45) is 3.64. The van der Waals surface area contributed by atoms with Gasteiger partial charge >= 0.3 is 0 Å². The number of nitrogens with one attached hydrogen (secondary N) is 2. The lowest BCUT2D eigenvalue weighted by atomic mass is 10.2. The van der Waals surface area contributed by atoms with E-state index in [1.54, 1.807) is 6.20 Å². The van der Waals surface area contributed by atoms with E-state index in [0.717, 1.165) is 29.6 Å². The van der Waals surface area contributed by atoms with Crippen LogP contribution in [0.3, 0.4) is 0 Å². The first-order valence-electron chi connectivity index (χ1n) is 7.77. The molecule has 0 unspecified atom stereocenters. The van der Waals surface area contributed by atoms with E-state index < -0.39 is 0 Å². The van der Waals surface area contributed by atoms with Crippen molar-refractivity contribution in [2.24, 2.45) is 0 Å². The molecule has 2 aromatic heterocycles. The van der Waals surface area contributed by atoms with Crippen LogP contribution in [0, 0.1) is 6.92 Å². The van der Waals surface area contributed by atoms with Gasteiger partial charge in [-0.05, 0) is 31.5 Å². The molecule has 0 bridgehead atoms. The van der Waals surface area contributed by atoms with Crippen molar-refractivity contribution in [3.05, 3.63) is 59.1 Å². The molecule has 0 spiro atoms. The van der Waals surface area contributed by atoms with E-state index in [0.29, 0.717) is 17.5 Å². The second kappa shape index (κ2) is 7.31. The molecule has 124 valence electrons. The maximum Gasteiger partial charge on any atom is 0.226 e. The summed E-state index contributed by atoms with van der Waals surface area (Å²) in [5, 5.41) is 7.20. The second-order valence-corrected chi connectivity index (χ2v) is 5.73. The molecule has 0 aliphatic carbocycles. The molecule has 0 saturated heterocycles. The third-order valence-corrected chi connectivity index (χ3v) is 3.72. The molecule has 6 nitrogen and oxygen atoms in total. The zero-order valence-electron chi connectivity index (χ0n) is 13.6. The number of rotatable bonds is 6. The lowest BCUT2D eigenvalue weighted by molar-refractivity contribution is 0.914. The Morgan fingerprint density at radius 2 is 2.04 bits per heavy atom. The van der Waals surface area contributed by atoms with E-state index in [-0.39, 0.29) is 0 Å². The van der Waals surface area contributed by atoms with Crippen molar-refractivity contribution in [2.45, 2.75) is 20.4 Å². The fourth-order valence-corrected chi connectivity index (χ4v) is 2.57. The summed E-state index contributed by atoms with van der Waals surface area (Å²) >= 11 is 6.02. The van der Waals surface area contributed by atoms with Crippen LogP contribution in [-0.2, 0) is 6.54 Å². The summed E-state index contributed by atoms with van der Waals surface area (Å²) in [5.74, 6) is 2.96. The molecule has 2 N–H and O–H groups in total. The molecular formula is C17H19ClN6. The minimum absolute atomic E-state index is 0.552. The summed E-state index contributed by atoms with van der Waals surface area (Å²) in [4.78, 5) is 13.3. The normalized spacial score (nSPS) is 10.6. The van der Waals surface area contributed by atoms with Crippen molar-refractivity contribution in [3.8, 4) is 5.82 Å². The zero-order valence-corrected chi connectivity index (χ0v) is 14.4. The van der Waals surface area contributed by atoms with Gasteiger partial charge in [0, 0.05) is 36.6 Å². The zero-order chi connectivity index (χ0) is 16.9. The summed E-state index contributed by atoms with van der Waals surface area (Å²) in [6.45, 7) is 5.35. The number of benzene rings is 1. The Hall–Kier alpha value is -2.60. The van der Waals surface area contributed by atoms with Gasteiger partial charge in [-0.3, -0.25) is 4.57 Å². The van der Waals surface area contributed by atoms with Crippen molar-refractivity contribution < 1.29 is 0 Å². The van der Waals surface area contributed by atoms with Crippen LogP contribution in [0.5, 0.6) is 0 Å². The Morgan fingerprint density at radius 1 is 1.17 bits per heavy atom. The van der Waals surface area contributed by atoms with Crippen molar-refractivity contribution in [1.82, 2.24) is 19.5 Å². The maximum absolute atomic E-state index is 6.02. The molecule has 0 radical (unpaired) electrons. The number of anilines is 2. The topological polar surface area (TPSA) is 67.7 Å². The van der Waals surface area contributed by atoms with Gasteiger partial charge in [0.1, 0.15) is 17.5 Å². The minimum atomic E-state index is 0.552. The molecule has 7 heteroatoms. The number of aryl methyl sites for hydroxylation is 1.